The van der Waals surface area contributed by atoms with E-state index in [2.05, 4.69) is 23.6 Å². The molecule has 4 heteroatoms. The van der Waals surface area contributed by atoms with Gasteiger partial charge in [-0.25, -0.2) is 19.4 Å². The van der Waals surface area contributed by atoms with E-state index in [1.165, 1.54) is 37.8 Å². The van der Waals surface area contributed by atoms with Crippen molar-refractivity contribution in [3.63, 3.8) is 0 Å². The predicted octanol–water partition coefficient (Wildman–Crippen LogP) is 5.04. The molecule has 0 N–H and O–H groups in total. The summed E-state index contributed by atoms with van der Waals surface area (Å²) in [6.07, 6.45) is 17.0. The number of carbonyl (C=O) groups excluding carboxylic acids is 2. The van der Waals surface area contributed by atoms with Gasteiger partial charge in [-0.05, 0) is 25.7 Å². The van der Waals surface area contributed by atoms with Crippen molar-refractivity contribution >= 4 is 11.9 Å². The Bertz CT molecular complexity index is 311. The average molecular weight is 310 g/mol. The standard InChI is InChI=1S/C18H30O4/c1-3-5-7-9-11-13-15-17(19)21-22-18(20)16-14-12-10-8-6-4-2/h13-16H,3-12H2,1-2H3. The third-order valence-corrected chi connectivity index (χ3v) is 3.16. The Balaban J connectivity index is 3.61. The van der Waals surface area contributed by atoms with Crippen LogP contribution in [0.3, 0.4) is 0 Å². The van der Waals surface area contributed by atoms with Crippen LogP contribution >= 0.6 is 0 Å². The zero-order valence-corrected chi connectivity index (χ0v) is 14.0. The molecule has 22 heavy (non-hydrogen) atoms. The van der Waals surface area contributed by atoms with Gasteiger partial charge in [0.1, 0.15) is 0 Å². The van der Waals surface area contributed by atoms with E-state index < -0.39 is 11.9 Å². The Labute approximate surface area is 134 Å². The summed E-state index contributed by atoms with van der Waals surface area (Å²) in [5.74, 6) is -1.31. The largest absolute Gasteiger partial charge is 0.378 e. The molecule has 0 spiro atoms. The fourth-order valence-corrected chi connectivity index (χ4v) is 1.87. The number of allylic oxidation sites excluding steroid dienone is 2. The van der Waals surface area contributed by atoms with E-state index in [4.69, 9.17) is 0 Å². The Morgan fingerprint density at radius 3 is 1.45 bits per heavy atom. The lowest BCUT2D eigenvalue weighted by atomic mass is 10.1. The van der Waals surface area contributed by atoms with Crippen LogP contribution < -0.4 is 0 Å². The average Bonchev–Trinajstić information content (AvgIpc) is 2.52. The number of unbranched alkanes of at least 4 members (excludes halogenated alkanes) is 8. The van der Waals surface area contributed by atoms with Crippen molar-refractivity contribution in [2.45, 2.75) is 78.1 Å². The molecule has 0 heterocycles. The smallest absolute Gasteiger partial charge is 0.242 e. The molecule has 0 saturated heterocycles. The minimum Gasteiger partial charge on any atom is -0.242 e. The van der Waals surface area contributed by atoms with Gasteiger partial charge in [-0.2, -0.15) is 0 Å². The van der Waals surface area contributed by atoms with Crippen LogP contribution in [0.25, 0.3) is 0 Å². The van der Waals surface area contributed by atoms with Crippen LogP contribution in [0.4, 0.5) is 0 Å². The van der Waals surface area contributed by atoms with Gasteiger partial charge in [0.05, 0.1) is 0 Å². The van der Waals surface area contributed by atoms with Crippen molar-refractivity contribution in [2.24, 2.45) is 0 Å². The molecule has 0 aromatic carbocycles. The van der Waals surface area contributed by atoms with Gasteiger partial charge in [0, 0.05) is 12.2 Å². The Morgan fingerprint density at radius 1 is 0.682 bits per heavy atom. The zero-order valence-electron chi connectivity index (χ0n) is 14.0. The second-order valence-corrected chi connectivity index (χ2v) is 5.31. The topological polar surface area (TPSA) is 52.6 Å². The molecule has 0 aromatic heterocycles. The fraction of sp³-hybridized carbons (Fsp3) is 0.667. The van der Waals surface area contributed by atoms with Crippen LogP contribution in [0.2, 0.25) is 0 Å². The van der Waals surface area contributed by atoms with Crippen LogP contribution in [0.5, 0.6) is 0 Å². The monoisotopic (exact) mass is 310 g/mol. The highest BCUT2D eigenvalue weighted by Gasteiger charge is 2.02. The minimum atomic E-state index is -0.653. The molecule has 0 aliphatic carbocycles. The van der Waals surface area contributed by atoms with Gasteiger partial charge < -0.3 is 0 Å². The van der Waals surface area contributed by atoms with Gasteiger partial charge in [0.25, 0.3) is 0 Å². The van der Waals surface area contributed by atoms with Crippen molar-refractivity contribution in [1.82, 2.24) is 0 Å². The first kappa shape index (κ1) is 20.4. The van der Waals surface area contributed by atoms with Gasteiger partial charge in [-0.3, -0.25) is 0 Å². The maximum absolute atomic E-state index is 11.3. The number of hydrogen-bond donors (Lipinski definition) is 0. The SMILES string of the molecule is CCCCCCC=CC(=O)OOC(=O)C=CCCCCCC. The first-order chi connectivity index (χ1) is 10.7. The molecule has 0 saturated carbocycles. The Morgan fingerprint density at radius 2 is 1.09 bits per heavy atom. The summed E-state index contributed by atoms with van der Waals surface area (Å²) in [5.41, 5.74) is 0. The van der Waals surface area contributed by atoms with E-state index in [1.807, 2.05) is 0 Å². The Hall–Kier alpha value is -1.58. The summed E-state index contributed by atoms with van der Waals surface area (Å²) in [6.45, 7) is 4.31. The van der Waals surface area contributed by atoms with Crippen molar-refractivity contribution in [3.05, 3.63) is 24.3 Å². The fourth-order valence-electron chi connectivity index (χ4n) is 1.87. The molecule has 0 rings (SSSR count). The van der Waals surface area contributed by atoms with Crippen molar-refractivity contribution < 1.29 is 19.4 Å². The third-order valence-electron chi connectivity index (χ3n) is 3.16. The van der Waals surface area contributed by atoms with E-state index in [0.717, 1.165) is 38.5 Å². The van der Waals surface area contributed by atoms with Crippen molar-refractivity contribution in [3.8, 4) is 0 Å². The highest BCUT2D eigenvalue weighted by molar-refractivity contribution is 5.84. The van der Waals surface area contributed by atoms with Crippen LogP contribution in [-0.2, 0) is 19.4 Å². The molecule has 0 unspecified atom stereocenters. The van der Waals surface area contributed by atoms with E-state index in [9.17, 15) is 9.59 Å². The molecular formula is C18H30O4. The molecule has 0 fully saturated rings. The molecule has 4 nitrogen and oxygen atoms in total. The number of rotatable bonds is 12. The van der Waals surface area contributed by atoms with Crippen LogP contribution in [0, 0.1) is 0 Å². The van der Waals surface area contributed by atoms with Crippen molar-refractivity contribution in [1.29, 1.82) is 0 Å². The van der Waals surface area contributed by atoms with E-state index in [-0.39, 0.29) is 0 Å². The van der Waals surface area contributed by atoms with Crippen LogP contribution in [-0.4, -0.2) is 11.9 Å². The minimum absolute atomic E-state index is 0.653. The zero-order chi connectivity index (χ0) is 16.5. The molecule has 0 aliphatic heterocycles. The molecule has 0 bridgehead atoms. The summed E-state index contributed by atoms with van der Waals surface area (Å²) in [7, 11) is 0. The van der Waals surface area contributed by atoms with E-state index >= 15 is 0 Å². The van der Waals surface area contributed by atoms with Gasteiger partial charge in [0.2, 0.25) is 0 Å². The summed E-state index contributed by atoms with van der Waals surface area (Å²) in [6, 6.07) is 0. The van der Waals surface area contributed by atoms with Gasteiger partial charge in [-0.1, -0.05) is 64.5 Å². The molecular weight excluding hydrogens is 280 g/mol. The highest BCUT2D eigenvalue weighted by Crippen LogP contribution is 2.04. The molecule has 0 radical (unpaired) electrons. The maximum Gasteiger partial charge on any atom is 0.378 e. The molecule has 0 amide bonds. The highest BCUT2D eigenvalue weighted by atomic mass is 17.2. The van der Waals surface area contributed by atoms with Crippen molar-refractivity contribution in [2.75, 3.05) is 0 Å². The van der Waals surface area contributed by atoms with E-state index in [1.54, 1.807) is 12.2 Å². The molecule has 0 aromatic rings. The van der Waals surface area contributed by atoms with Gasteiger partial charge >= 0.3 is 11.9 Å². The predicted molar refractivity (Wildman–Crippen MR) is 88.0 cm³/mol. The number of carbonyl (C=O) groups is 2. The Kier molecular flexibility index (Phi) is 14.7. The molecule has 126 valence electrons. The quantitative estimate of drug-likeness (QED) is 0.219. The second kappa shape index (κ2) is 15.8. The lowest BCUT2D eigenvalue weighted by Gasteiger charge is -1.98. The molecule has 0 aliphatic rings. The first-order valence-electron chi connectivity index (χ1n) is 8.46. The van der Waals surface area contributed by atoms with Crippen LogP contribution in [0.15, 0.2) is 24.3 Å². The van der Waals surface area contributed by atoms with Gasteiger partial charge in [-0.15, -0.1) is 0 Å². The first-order valence-corrected chi connectivity index (χ1v) is 8.46. The number of hydrogen-bond acceptors (Lipinski definition) is 4. The summed E-state index contributed by atoms with van der Waals surface area (Å²) in [5, 5.41) is 0. The summed E-state index contributed by atoms with van der Waals surface area (Å²) < 4.78 is 0. The molecule has 0 atom stereocenters. The maximum atomic E-state index is 11.3. The van der Waals surface area contributed by atoms with Crippen LogP contribution in [0.1, 0.15) is 78.1 Å². The lowest BCUT2D eigenvalue weighted by molar-refractivity contribution is -0.250. The second-order valence-electron chi connectivity index (χ2n) is 5.31. The third kappa shape index (κ3) is 14.8. The lowest BCUT2D eigenvalue weighted by Crippen LogP contribution is -2.07. The normalized spacial score (nSPS) is 11.2. The van der Waals surface area contributed by atoms with E-state index in [0.29, 0.717) is 0 Å². The van der Waals surface area contributed by atoms with Gasteiger partial charge in [0.15, 0.2) is 0 Å². The summed E-state index contributed by atoms with van der Waals surface area (Å²) >= 11 is 0. The summed E-state index contributed by atoms with van der Waals surface area (Å²) in [4.78, 5) is 31.3.